The van der Waals surface area contributed by atoms with E-state index in [1.165, 1.54) is 0 Å². The predicted molar refractivity (Wildman–Crippen MR) is 107 cm³/mol. The minimum atomic E-state index is -0.311. The highest BCUT2D eigenvalue weighted by Gasteiger charge is 2.28. The van der Waals surface area contributed by atoms with Crippen molar-refractivity contribution in [1.29, 1.82) is 0 Å². The molecule has 1 aliphatic carbocycles. The van der Waals surface area contributed by atoms with Gasteiger partial charge in [-0.2, -0.15) is 5.10 Å². The number of nitrogens with one attached hydrogen (secondary N) is 1. The molecule has 1 saturated carbocycles. The van der Waals surface area contributed by atoms with Crippen molar-refractivity contribution < 1.29 is 14.1 Å². The topological polar surface area (TPSA) is 108 Å². The second-order valence-electron chi connectivity index (χ2n) is 7.10. The van der Waals surface area contributed by atoms with Crippen LogP contribution in [0, 0.1) is 6.92 Å². The highest BCUT2D eigenvalue weighted by atomic mass is 16.5. The third-order valence-corrected chi connectivity index (χ3v) is 4.66. The Hall–Kier alpha value is -4.01. The van der Waals surface area contributed by atoms with Gasteiger partial charge >= 0.3 is 0 Å². The van der Waals surface area contributed by atoms with Crippen LogP contribution in [0.15, 0.2) is 59.3 Å². The summed E-state index contributed by atoms with van der Waals surface area (Å²) in [5, 5.41) is 19.1. The summed E-state index contributed by atoms with van der Waals surface area (Å²) in [4.78, 5) is 12.3. The number of anilines is 1. The Labute approximate surface area is 171 Å². The first-order valence-corrected chi connectivity index (χ1v) is 9.56. The van der Waals surface area contributed by atoms with Gasteiger partial charge in [0.15, 0.2) is 11.5 Å². The SMILES string of the molecule is Cc1ccn(-c2ccc(Oc3ccc(NC(=O)c4cc(C5CC5)on4)cc3)nn2)n1. The summed E-state index contributed by atoms with van der Waals surface area (Å²) in [5.74, 6) is 2.41. The quantitative estimate of drug-likeness (QED) is 0.521. The van der Waals surface area contributed by atoms with Gasteiger partial charge in [-0.1, -0.05) is 5.16 Å². The molecule has 1 aliphatic rings. The number of aryl methyl sites for hydroxylation is 1. The summed E-state index contributed by atoms with van der Waals surface area (Å²) < 4.78 is 12.6. The molecule has 0 spiro atoms. The molecule has 0 unspecified atom stereocenters. The van der Waals surface area contributed by atoms with Crippen LogP contribution in [0.25, 0.3) is 5.82 Å². The van der Waals surface area contributed by atoms with Crippen molar-refractivity contribution in [1.82, 2.24) is 25.1 Å². The van der Waals surface area contributed by atoms with Gasteiger partial charge in [0.05, 0.1) is 5.69 Å². The molecule has 0 aliphatic heterocycles. The number of ether oxygens (including phenoxy) is 1. The molecule has 4 aromatic rings. The van der Waals surface area contributed by atoms with Crippen LogP contribution in [0.3, 0.4) is 0 Å². The standard InChI is InChI=1S/C21H18N6O3/c1-13-10-11-27(25-13)19-8-9-20(24-23-19)29-16-6-4-15(5-7-16)22-21(28)17-12-18(30-26-17)14-2-3-14/h4-12,14H,2-3H2,1H3,(H,22,28). The van der Waals surface area contributed by atoms with Gasteiger partial charge in [-0.15, -0.1) is 10.2 Å². The average molecular weight is 402 g/mol. The van der Waals surface area contributed by atoms with Gasteiger partial charge in [-0.05, 0) is 56.2 Å². The van der Waals surface area contributed by atoms with Crippen LogP contribution in [-0.4, -0.2) is 31.0 Å². The van der Waals surface area contributed by atoms with Crippen LogP contribution >= 0.6 is 0 Å². The lowest BCUT2D eigenvalue weighted by Gasteiger charge is -2.07. The van der Waals surface area contributed by atoms with Gasteiger partial charge in [0.25, 0.3) is 5.91 Å². The molecule has 9 nitrogen and oxygen atoms in total. The molecule has 3 heterocycles. The molecule has 5 rings (SSSR count). The van der Waals surface area contributed by atoms with Crippen LogP contribution in [0.4, 0.5) is 5.69 Å². The third-order valence-electron chi connectivity index (χ3n) is 4.66. The van der Waals surface area contributed by atoms with Crippen LogP contribution in [-0.2, 0) is 0 Å². The average Bonchev–Trinajstić information content (AvgIpc) is 3.32. The summed E-state index contributed by atoms with van der Waals surface area (Å²) in [6.07, 6.45) is 4.00. The maximum absolute atomic E-state index is 12.3. The van der Waals surface area contributed by atoms with Crippen molar-refractivity contribution in [3.63, 3.8) is 0 Å². The molecule has 0 atom stereocenters. The molecular weight excluding hydrogens is 384 g/mol. The van der Waals surface area contributed by atoms with Crippen molar-refractivity contribution >= 4 is 11.6 Å². The largest absolute Gasteiger partial charge is 0.438 e. The van der Waals surface area contributed by atoms with Crippen LogP contribution in [0.1, 0.15) is 40.7 Å². The van der Waals surface area contributed by atoms with E-state index in [0.717, 1.165) is 24.3 Å². The molecule has 30 heavy (non-hydrogen) atoms. The van der Waals surface area contributed by atoms with E-state index in [2.05, 4.69) is 25.8 Å². The monoisotopic (exact) mass is 402 g/mol. The van der Waals surface area contributed by atoms with Gasteiger partial charge in [0.2, 0.25) is 5.88 Å². The Bertz CT molecular complexity index is 1180. The second-order valence-corrected chi connectivity index (χ2v) is 7.10. The fourth-order valence-corrected chi connectivity index (χ4v) is 2.91. The van der Waals surface area contributed by atoms with E-state index in [1.54, 1.807) is 47.1 Å². The van der Waals surface area contributed by atoms with Crippen LogP contribution in [0.5, 0.6) is 11.6 Å². The van der Waals surface area contributed by atoms with E-state index in [-0.39, 0.29) is 11.6 Å². The lowest BCUT2D eigenvalue weighted by Crippen LogP contribution is -2.12. The number of amides is 1. The van der Waals surface area contributed by atoms with Crippen molar-refractivity contribution in [2.75, 3.05) is 5.32 Å². The molecule has 150 valence electrons. The van der Waals surface area contributed by atoms with E-state index in [4.69, 9.17) is 9.26 Å². The predicted octanol–water partition coefficient (Wildman–Crippen LogP) is 3.88. The van der Waals surface area contributed by atoms with Crippen LogP contribution < -0.4 is 10.1 Å². The normalized spacial score (nSPS) is 13.2. The van der Waals surface area contributed by atoms with Gasteiger partial charge in [0, 0.05) is 29.9 Å². The van der Waals surface area contributed by atoms with Gasteiger partial charge in [-0.25, -0.2) is 4.68 Å². The molecule has 1 N–H and O–H groups in total. The summed E-state index contributed by atoms with van der Waals surface area (Å²) >= 11 is 0. The number of nitrogens with zero attached hydrogens (tertiary/aromatic N) is 5. The number of aromatic nitrogens is 5. The molecule has 1 aromatic carbocycles. The Morgan fingerprint density at radius 3 is 2.63 bits per heavy atom. The summed E-state index contributed by atoms with van der Waals surface area (Å²) in [5.41, 5.74) is 1.80. The zero-order chi connectivity index (χ0) is 20.5. The highest BCUT2D eigenvalue weighted by molar-refractivity contribution is 6.02. The van der Waals surface area contributed by atoms with Gasteiger partial charge in [0.1, 0.15) is 11.5 Å². The summed E-state index contributed by atoms with van der Waals surface area (Å²) in [6, 6.07) is 14.0. The maximum Gasteiger partial charge on any atom is 0.277 e. The van der Waals surface area contributed by atoms with Crippen molar-refractivity contribution in [2.45, 2.75) is 25.7 Å². The van der Waals surface area contributed by atoms with Gasteiger partial charge in [-0.3, -0.25) is 4.79 Å². The number of carbonyl (C=O) groups excluding carboxylic acids is 1. The summed E-state index contributed by atoms with van der Waals surface area (Å²) in [6.45, 7) is 1.91. The molecule has 0 bridgehead atoms. The molecule has 0 radical (unpaired) electrons. The Balaban J connectivity index is 1.21. The lowest BCUT2D eigenvalue weighted by atomic mass is 10.2. The molecular formula is C21H18N6O3. The van der Waals surface area contributed by atoms with E-state index in [9.17, 15) is 4.79 Å². The molecule has 0 saturated heterocycles. The fraction of sp³-hybridized carbons (Fsp3) is 0.190. The van der Waals surface area contributed by atoms with Crippen molar-refractivity contribution in [2.24, 2.45) is 0 Å². The molecule has 3 aromatic heterocycles. The van der Waals surface area contributed by atoms with Crippen molar-refractivity contribution in [3.8, 4) is 17.4 Å². The molecule has 1 fully saturated rings. The number of hydrogen-bond acceptors (Lipinski definition) is 7. The van der Waals surface area contributed by atoms with Crippen molar-refractivity contribution in [3.05, 3.63) is 71.9 Å². The minimum absolute atomic E-state index is 0.278. The van der Waals surface area contributed by atoms with Gasteiger partial charge < -0.3 is 14.6 Å². The Kier molecular flexibility index (Phi) is 4.47. The first-order valence-electron chi connectivity index (χ1n) is 9.56. The summed E-state index contributed by atoms with van der Waals surface area (Å²) in [7, 11) is 0. The number of rotatable bonds is 6. The second kappa shape index (κ2) is 7.43. The Morgan fingerprint density at radius 1 is 1.13 bits per heavy atom. The first-order chi connectivity index (χ1) is 14.6. The zero-order valence-electron chi connectivity index (χ0n) is 16.1. The number of carbonyl (C=O) groups is 1. The smallest absolute Gasteiger partial charge is 0.277 e. The zero-order valence-corrected chi connectivity index (χ0v) is 16.1. The number of benzene rings is 1. The molecule has 1 amide bonds. The minimum Gasteiger partial charge on any atom is -0.438 e. The van der Waals surface area contributed by atoms with E-state index in [0.29, 0.717) is 29.1 Å². The third kappa shape index (κ3) is 3.90. The highest BCUT2D eigenvalue weighted by Crippen LogP contribution is 2.40. The lowest BCUT2D eigenvalue weighted by molar-refractivity contribution is 0.101. The van der Waals surface area contributed by atoms with E-state index >= 15 is 0 Å². The fourth-order valence-electron chi connectivity index (χ4n) is 2.91. The number of hydrogen-bond donors (Lipinski definition) is 1. The van der Waals surface area contributed by atoms with Crippen LogP contribution in [0.2, 0.25) is 0 Å². The molecule has 9 heteroatoms. The maximum atomic E-state index is 12.3. The van der Waals surface area contributed by atoms with E-state index < -0.39 is 0 Å². The first kappa shape index (κ1) is 18.0. The Morgan fingerprint density at radius 2 is 1.97 bits per heavy atom. The van der Waals surface area contributed by atoms with E-state index in [1.807, 2.05) is 19.2 Å².